The highest BCUT2D eigenvalue weighted by Gasteiger charge is 2.10. The second-order valence-electron chi connectivity index (χ2n) is 3.49. The minimum Gasteiger partial charge on any atom is -0.495 e. The Morgan fingerprint density at radius 3 is 2.65 bits per heavy atom. The lowest BCUT2D eigenvalue weighted by molar-refractivity contribution is 0.415. The summed E-state index contributed by atoms with van der Waals surface area (Å²) < 4.78 is 5.17. The third-order valence-corrected chi connectivity index (χ3v) is 3.14. The molecule has 0 spiro atoms. The highest BCUT2D eigenvalue weighted by molar-refractivity contribution is 6.32. The lowest BCUT2D eigenvalue weighted by Gasteiger charge is -2.08. The van der Waals surface area contributed by atoms with Crippen LogP contribution >= 0.6 is 23.2 Å². The summed E-state index contributed by atoms with van der Waals surface area (Å²) >= 11 is 11.9. The molecular weight excluding hydrogens is 259 g/mol. The Labute approximate surface area is 109 Å². The number of ether oxygens (including phenoxy) is 1. The van der Waals surface area contributed by atoms with E-state index in [-0.39, 0.29) is 0 Å². The minimum absolute atomic E-state index is 0.448. The van der Waals surface area contributed by atoms with Crippen molar-refractivity contribution in [2.45, 2.75) is 6.92 Å². The van der Waals surface area contributed by atoms with Crippen molar-refractivity contribution in [1.82, 2.24) is 9.97 Å². The molecule has 3 nitrogen and oxygen atoms in total. The van der Waals surface area contributed by atoms with Crippen LogP contribution in [0.1, 0.15) is 5.56 Å². The van der Waals surface area contributed by atoms with E-state index in [9.17, 15) is 0 Å². The molecule has 0 saturated carbocycles. The Balaban J connectivity index is 2.57. The summed E-state index contributed by atoms with van der Waals surface area (Å²) in [7, 11) is 1.57. The van der Waals surface area contributed by atoms with E-state index in [2.05, 4.69) is 9.97 Å². The number of hydrogen-bond acceptors (Lipinski definition) is 3. The van der Waals surface area contributed by atoms with Crippen LogP contribution in [-0.2, 0) is 0 Å². The molecule has 0 radical (unpaired) electrons. The first-order chi connectivity index (χ1) is 8.13. The van der Waals surface area contributed by atoms with Gasteiger partial charge in [0.25, 0.3) is 0 Å². The number of rotatable bonds is 2. The van der Waals surface area contributed by atoms with Gasteiger partial charge >= 0.3 is 0 Å². The standard InChI is InChI=1S/C12H10Cl2N2O/c1-7-11(15-6-16-12(7)14)8-3-4-9(13)10(5-8)17-2/h3-6H,1-2H3. The Hall–Kier alpha value is -1.32. The molecule has 0 N–H and O–H groups in total. The fourth-order valence-electron chi connectivity index (χ4n) is 1.53. The number of nitrogens with zero attached hydrogens (tertiary/aromatic N) is 2. The summed E-state index contributed by atoms with van der Waals surface area (Å²) in [4.78, 5) is 8.14. The third-order valence-electron chi connectivity index (χ3n) is 2.45. The van der Waals surface area contributed by atoms with Crippen molar-refractivity contribution in [3.05, 3.63) is 40.3 Å². The van der Waals surface area contributed by atoms with Crippen molar-refractivity contribution in [2.75, 3.05) is 7.11 Å². The predicted octanol–water partition coefficient (Wildman–Crippen LogP) is 3.77. The van der Waals surface area contributed by atoms with Crippen LogP contribution in [0.2, 0.25) is 10.2 Å². The van der Waals surface area contributed by atoms with Crippen LogP contribution in [0.3, 0.4) is 0 Å². The zero-order valence-electron chi connectivity index (χ0n) is 9.37. The maximum absolute atomic E-state index is 5.97. The smallest absolute Gasteiger partial charge is 0.138 e. The lowest BCUT2D eigenvalue weighted by atomic mass is 10.1. The Morgan fingerprint density at radius 2 is 1.94 bits per heavy atom. The minimum atomic E-state index is 0.448. The zero-order chi connectivity index (χ0) is 12.4. The van der Waals surface area contributed by atoms with Gasteiger partial charge in [0.2, 0.25) is 0 Å². The molecule has 0 aliphatic heterocycles. The molecule has 0 saturated heterocycles. The zero-order valence-corrected chi connectivity index (χ0v) is 10.9. The van der Waals surface area contributed by atoms with E-state index in [0.717, 1.165) is 16.8 Å². The van der Waals surface area contributed by atoms with Crippen LogP contribution in [0, 0.1) is 6.92 Å². The van der Waals surface area contributed by atoms with Crippen molar-refractivity contribution in [1.29, 1.82) is 0 Å². The summed E-state index contributed by atoms with van der Waals surface area (Å²) in [6.07, 6.45) is 1.44. The monoisotopic (exact) mass is 268 g/mol. The molecule has 1 aromatic carbocycles. The van der Waals surface area contributed by atoms with E-state index >= 15 is 0 Å². The van der Waals surface area contributed by atoms with Gasteiger partial charge < -0.3 is 4.74 Å². The van der Waals surface area contributed by atoms with Gasteiger partial charge in [0, 0.05) is 11.1 Å². The summed E-state index contributed by atoms with van der Waals surface area (Å²) in [6, 6.07) is 5.47. The van der Waals surface area contributed by atoms with E-state index in [0.29, 0.717) is 15.9 Å². The fraction of sp³-hybridized carbons (Fsp3) is 0.167. The van der Waals surface area contributed by atoms with Crippen molar-refractivity contribution < 1.29 is 4.74 Å². The van der Waals surface area contributed by atoms with Crippen molar-refractivity contribution in [3.8, 4) is 17.0 Å². The quantitative estimate of drug-likeness (QED) is 0.778. The second-order valence-corrected chi connectivity index (χ2v) is 4.25. The first kappa shape index (κ1) is 12.1. The fourth-order valence-corrected chi connectivity index (χ4v) is 1.85. The van der Waals surface area contributed by atoms with E-state index in [1.165, 1.54) is 6.33 Å². The predicted molar refractivity (Wildman–Crippen MR) is 68.8 cm³/mol. The molecule has 2 rings (SSSR count). The van der Waals surface area contributed by atoms with E-state index in [1.54, 1.807) is 13.2 Å². The Morgan fingerprint density at radius 1 is 1.18 bits per heavy atom. The molecule has 0 amide bonds. The molecule has 0 aliphatic rings. The molecule has 1 aromatic heterocycles. The first-order valence-corrected chi connectivity index (χ1v) is 5.70. The van der Waals surface area contributed by atoms with Gasteiger partial charge in [-0.2, -0.15) is 0 Å². The summed E-state index contributed by atoms with van der Waals surface area (Å²) in [5, 5.41) is 1.01. The molecular formula is C12H10Cl2N2O. The van der Waals surface area contributed by atoms with Gasteiger partial charge in [0.05, 0.1) is 17.8 Å². The van der Waals surface area contributed by atoms with Crippen LogP contribution in [0.5, 0.6) is 5.75 Å². The highest BCUT2D eigenvalue weighted by atomic mass is 35.5. The van der Waals surface area contributed by atoms with Crippen LogP contribution in [-0.4, -0.2) is 17.1 Å². The number of halogens is 2. The lowest BCUT2D eigenvalue weighted by Crippen LogP contribution is -1.93. The topological polar surface area (TPSA) is 35.0 Å². The third kappa shape index (κ3) is 2.35. The number of hydrogen-bond donors (Lipinski definition) is 0. The van der Waals surface area contributed by atoms with E-state index in [1.807, 2.05) is 19.1 Å². The van der Waals surface area contributed by atoms with Crippen LogP contribution < -0.4 is 4.74 Å². The molecule has 5 heteroatoms. The maximum Gasteiger partial charge on any atom is 0.138 e. The molecule has 0 bridgehead atoms. The molecule has 1 heterocycles. The number of aromatic nitrogens is 2. The molecule has 0 unspecified atom stereocenters. The van der Waals surface area contributed by atoms with Crippen LogP contribution in [0.4, 0.5) is 0 Å². The molecule has 0 fully saturated rings. The first-order valence-electron chi connectivity index (χ1n) is 4.94. The average molecular weight is 269 g/mol. The van der Waals surface area contributed by atoms with E-state index in [4.69, 9.17) is 27.9 Å². The van der Waals surface area contributed by atoms with Gasteiger partial charge in [-0.1, -0.05) is 29.3 Å². The largest absolute Gasteiger partial charge is 0.495 e. The van der Waals surface area contributed by atoms with Crippen molar-refractivity contribution in [2.24, 2.45) is 0 Å². The highest BCUT2D eigenvalue weighted by Crippen LogP contribution is 2.31. The summed E-state index contributed by atoms with van der Waals surface area (Å²) in [6.45, 7) is 1.87. The SMILES string of the molecule is COc1cc(-c2ncnc(Cl)c2C)ccc1Cl. The molecule has 2 aromatic rings. The van der Waals surface area contributed by atoms with Gasteiger partial charge in [0.1, 0.15) is 17.2 Å². The van der Waals surface area contributed by atoms with Gasteiger partial charge in [-0.25, -0.2) is 9.97 Å². The number of methoxy groups -OCH3 is 1. The van der Waals surface area contributed by atoms with E-state index < -0.39 is 0 Å². The Bertz CT molecular complexity index is 558. The Kier molecular flexibility index (Phi) is 3.50. The van der Waals surface area contributed by atoms with Gasteiger partial charge in [-0.05, 0) is 19.1 Å². The molecule has 17 heavy (non-hydrogen) atoms. The number of benzene rings is 1. The second kappa shape index (κ2) is 4.90. The van der Waals surface area contributed by atoms with Gasteiger partial charge in [-0.3, -0.25) is 0 Å². The van der Waals surface area contributed by atoms with Gasteiger partial charge in [-0.15, -0.1) is 0 Å². The van der Waals surface area contributed by atoms with Crippen LogP contribution in [0.25, 0.3) is 11.3 Å². The summed E-state index contributed by atoms with van der Waals surface area (Å²) in [5.74, 6) is 0.610. The van der Waals surface area contributed by atoms with Crippen LogP contribution in [0.15, 0.2) is 24.5 Å². The molecule has 0 aliphatic carbocycles. The van der Waals surface area contributed by atoms with Gasteiger partial charge in [0.15, 0.2) is 0 Å². The normalized spacial score (nSPS) is 10.4. The van der Waals surface area contributed by atoms with Crippen molar-refractivity contribution >= 4 is 23.2 Å². The van der Waals surface area contributed by atoms with Crippen molar-refractivity contribution in [3.63, 3.8) is 0 Å². The molecule has 0 atom stereocenters. The average Bonchev–Trinajstić information content (AvgIpc) is 2.34. The summed E-state index contributed by atoms with van der Waals surface area (Å²) in [5.41, 5.74) is 2.51. The molecule has 88 valence electrons. The maximum atomic E-state index is 5.97.